The van der Waals surface area contributed by atoms with Crippen molar-refractivity contribution in [2.45, 2.75) is 25.8 Å². The standard InChI is InChI=1S/C11H20N2O4/c1-3-6-17-11(15)13-5-4-12-9(8-13)7-10(14)16-2/h9,12H,3-8H2,1-2H3. The molecule has 1 N–H and O–H groups in total. The second-order valence-corrected chi connectivity index (χ2v) is 3.99. The molecule has 6 heteroatoms. The summed E-state index contributed by atoms with van der Waals surface area (Å²) in [6, 6.07) is -0.0506. The molecule has 6 nitrogen and oxygen atoms in total. The lowest BCUT2D eigenvalue weighted by Gasteiger charge is -2.32. The number of hydrogen-bond donors (Lipinski definition) is 1. The van der Waals surface area contributed by atoms with Crippen LogP contribution in [0.25, 0.3) is 0 Å². The molecule has 0 bridgehead atoms. The van der Waals surface area contributed by atoms with E-state index in [9.17, 15) is 9.59 Å². The van der Waals surface area contributed by atoms with Gasteiger partial charge in [0.1, 0.15) is 0 Å². The summed E-state index contributed by atoms with van der Waals surface area (Å²) < 4.78 is 9.65. The summed E-state index contributed by atoms with van der Waals surface area (Å²) in [5, 5.41) is 3.17. The van der Waals surface area contributed by atoms with Gasteiger partial charge in [0.25, 0.3) is 0 Å². The van der Waals surface area contributed by atoms with E-state index in [-0.39, 0.29) is 24.5 Å². The van der Waals surface area contributed by atoms with Gasteiger partial charge in [0.15, 0.2) is 0 Å². The molecule has 0 aromatic carbocycles. The number of carbonyl (C=O) groups is 2. The predicted molar refractivity (Wildman–Crippen MR) is 61.6 cm³/mol. The van der Waals surface area contributed by atoms with Crippen molar-refractivity contribution in [2.75, 3.05) is 33.4 Å². The summed E-state index contributed by atoms with van der Waals surface area (Å²) >= 11 is 0. The van der Waals surface area contributed by atoms with Crippen LogP contribution in [0.15, 0.2) is 0 Å². The molecule has 17 heavy (non-hydrogen) atoms. The van der Waals surface area contributed by atoms with Crippen LogP contribution in [0.5, 0.6) is 0 Å². The normalized spacial score (nSPS) is 19.9. The maximum absolute atomic E-state index is 11.6. The van der Waals surface area contributed by atoms with Crippen molar-refractivity contribution in [1.82, 2.24) is 10.2 Å². The third-order valence-corrected chi connectivity index (χ3v) is 2.58. The zero-order valence-electron chi connectivity index (χ0n) is 10.4. The molecule has 1 amide bonds. The fourth-order valence-electron chi connectivity index (χ4n) is 1.69. The Morgan fingerprint density at radius 3 is 2.88 bits per heavy atom. The van der Waals surface area contributed by atoms with Crippen LogP contribution >= 0.6 is 0 Å². The van der Waals surface area contributed by atoms with Gasteiger partial charge in [-0.1, -0.05) is 6.92 Å². The highest BCUT2D eigenvalue weighted by Crippen LogP contribution is 2.05. The monoisotopic (exact) mass is 244 g/mol. The Hall–Kier alpha value is -1.30. The molecule has 1 heterocycles. The van der Waals surface area contributed by atoms with Gasteiger partial charge in [-0.2, -0.15) is 0 Å². The Morgan fingerprint density at radius 2 is 2.24 bits per heavy atom. The van der Waals surface area contributed by atoms with Crippen LogP contribution in [0.1, 0.15) is 19.8 Å². The first-order valence-corrected chi connectivity index (χ1v) is 5.89. The molecule has 0 aliphatic carbocycles. The summed E-state index contributed by atoms with van der Waals surface area (Å²) in [4.78, 5) is 24.4. The first-order valence-electron chi connectivity index (χ1n) is 5.89. The smallest absolute Gasteiger partial charge is 0.409 e. The first-order chi connectivity index (χ1) is 8.17. The number of methoxy groups -OCH3 is 1. The second kappa shape index (κ2) is 7.11. The van der Waals surface area contributed by atoms with Crippen molar-refractivity contribution >= 4 is 12.1 Å². The van der Waals surface area contributed by atoms with Crippen molar-refractivity contribution < 1.29 is 19.1 Å². The average Bonchev–Trinajstić information content (AvgIpc) is 2.36. The van der Waals surface area contributed by atoms with Gasteiger partial charge in [-0.15, -0.1) is 0 Å². The zero-order chi connectivity index (χ0) is 12.7. The minimum Gasteiger partial charge on any atom is -0.469 e. The quantitative estimate of drug-likeness (QED) is 0.724. The lowest BCUT2D eigenvalue weighted by molar-refractivity contribution is -0.141. The number of ether oxygens (including phenoxy) is 2. The first kappa shape index (κ1) is 13.8. The van der Waals surface area contributed by atoms with E-state index in [0.29, 0.717) is 26.2 Å². The third kappa shape index (κ3) is 4.60. The maximum Gasteiger partial charge on any atom is 0.409 e. The highest BCUT2D eigenvalue weighted by atomic mass is 16.6. The number of rotatable bonds is 4. The van der Waals surface area contributed by atoms with Gasteiger partial charge >= 0.3 is 12.1 Å². The minimum atomic E-state index is -0.303. The SMILES string of the molecule is CCCOC(=O)N1CCNC(CC(=O)OC)C1. The van der Waals surface area contributed by atoms with Crippen LogP contribution in [0.4, 0.5) is 4.79 Å². The lowest BCUT2D eigenvalue weighted by atomic mass is 10.1. The second-order valence-electron chi connectivity index (χ2n) is 3.99. The Morgan fingerprint density at radius 1 is 1.47 bits per heavy atom. The molecule has 1 saturated heterocycles. The number of piperazine rings is 1. The van der Waals surface area contributed by atoms with Crippen LogP contribution in [0.3, 0.4) is 0 Å². The van der Waals surface area contributed by atoms with Gasteiger partial charge in [0.05, 0.1) is 20.1 Å². The highest BCUT2D eigenvalue weighted by molar-refractivity contribution is 5.71. The predicted octanol–water partition coefficient (Wildman–Crippen LogP) is 0.370. The fourth-order valence-corrected chi connectivity index (χ4v) is 1.69. The van der Waals surface area contributed by atoms with Crippen molar-refractivity contribution in [3.63, 3.8) is 0 Å². The molecule has 1 unspecified atom stereocenters. The van der Waals surface area contributed by atoms with Crippen molar-refractivity contribution in [1.29, 1.82) is 0 Å². The van der Waals surface area contributed by atoms with E-state index in [2.05, 4.69) is 10.1 Å². The summed E-state index contributed by atoms with van der Waals surface area (Å²) in [5.74, 6) is -0.272. The molecule has 0 aromatic heterocycles. The molecule has 0 spiro atoms. The van der Waals surface area contributed by atoms with Crippen molar-refractivity contribution in [3.8, 4) is 0 Å². The molecule has 1 fully saturated rings. The van der Waals surface area contributed by atoms with E-state index in [1.165, 1.54) is 7.11 Å². The number of nitrogens with zero attached hydrogens (tertiary/aromatic N) is 1. The van der Waals surface area contributed by atoms with Crippen molar-refractivity contribution in [3.05, 3.63) is 0 Å². The molecule has 1 aliphatic rings. The highest BCUT2D eigenvalue weighted by Gasteiger charge is 2.25. The summed E-state index contributed by atoms with van der Waals surface area (Å²) in [7, 11) is 1.36. The summed E-state index contributed by atoms with van der Waals surface area (Å²) in [5.41, 5.74) is 0. The van der Waals surface area contributed by atoms with Crippen LogP contribution in [-0.2, 0) is 14.3 Å². The van der Waals surface area contributed by atoms with E-state index in [1.807, 2.05) is 6.92 Å². The Bertz CT molecular complexity index is 270. The maximum atomic E-state index is 11.6. The van der Waals surface area contributed by atoms with E-state index in [4.69, 9.17) is 4.74 Å². The number of nitrogens with one attached hydrogen (secondary N) is 1. The molecular formula is C11H20N2O4. The van der Waals surface area contributed by atoms with Crippen LogP contribution in [0.2, 0.25) is 0 Å². The van der Waals surface area contributed by atoms with Crippen LogP contribution in [0, 0.1) is 0 Å². The van der Waals surface area contributed by atoms with Gasteiger partial charge in [0, 0.05) is 25.7 Å². The van der Waals surface area contributed by atoms with Crippen LogP contribution < -0.4 is 5.32 Å². The van der Waals surface area contributed by atoms with Crippen molar-refractivity contribution in [2.24, 2.45) is 0 Å². The fraction of sp³-hybridized carbons (Fsp3) is 0.818. The van der Waals surface area contributed by atoms with Gasteiger partial charge in [-0.25, -0.2) is 4.79 Å². The summed E-state index contributed by atoms with van der Waals surface area (Å²) in [6.07, 6.45) is 0.778. The number of amides is 1. The Kier molecular flexibility index (Phi) is 5.76. The van der Waals surface area contributed by atoms with E-state index < -0.39 is 0 Å². The largest absolute Gasteiger partial charge is 0.469 e. The van der Waals surface area contributed by atoms with Crippen LogP contribution in [-0.4, -0.2) is 56.4 Å². The molecule has 0 aromatic rings. The van der Waals surface area contributed by atoms with Gasteiger partial charge in [0.2, 0.25) is 0 Å². The lowest BCUT2D eigenvalue weighted by Crippen LogP contribution is -2.53. The molecular weight excluding hydrogens is 224 g/mol. The molecule has 1 aliphatic heterocycles. The molecule has 0 saturated carbocycles. The van der Waals surface area contributed by atoms with Gasteiger partial charge < -0.3 is 19.7 Å². The molecule has 0 radical (unpaired) electrons. The van der Waals surface area contributed by atoms with E-state index in [0.717, 1.165) is 6.42 Å². The average molecular weight is 244 g/mol. The number of carbonyl (C=O) groups excluding carboxylic acids is 2. The molecule has 1 atom stereocenters. The van der Waals surface area contributed by atoms with E-state index >= 15 is 0 Å². The number of esters is 1. The molecule has 1 rings (SSSR count). The summed E-state index contributed by atoms with van der Waals surface area (Å²) in [6.45, 7) is 4.15. The van der Waals surface area contributed by atoms with Gasteiger partial charge in [-0.05, 0) is 6.42 Å². The third-order valence-electron chi connectivity index (χ3n) is 2.58. The molecule has 98 valence electrons. The van der Waals surface area contributed by atoms with Gasteiger partial charge in [-0.3, -0.25) is 4.79 Å². The topological polar surface area (TPSA) is 67.9 Å². The Balaban J connectivity index is 2.37. The van der Waals surface area contributed by atoms with E-state index in [1.54, 1.807) is 4.90 Å². The zero-order valence-corrected chi connectivity index (χ0v) is 10.4. The minimum absolute atomic E-state index is 0.0506. The number of hydrogen-bond acceptors (Lipinski definition) is 5. The Labute approximate surface area is 101 Å².